The minimum Gasteiger partial charge on any atom is -0.508 e. The molecule has 0 aliphatic carbocycles. The molecule has 1 aliphatic rings. The van der Waals surface area contributed by atoms with E-state index in [1.807, 2.05) is 0 Å². The highest BCUT2D eigenvalue weighted by Crippen LogP contribution is 2.28. The monoisotopic (exact) mass is 299 g/mol. The van der Waals surface area contributed by atoms with E-state index >= 15 is 0 Å². The number of carbonyl (C=O) groups excluding carboxylic acids is 1. The summed E-state index contributed by atoms with van der Waals surface area (Å²) < 4.78 is 0. The molecule has 0 unspecified atom stereocenters. The first-order valence-electron chi connectivity index (χ1n) is 7.23. The number of carbonyl (C=O) groups is 1. The fraction of sp³-hybridized carbons (Fsp3) is 0.312. The van der Waals surface area contributed by atoms with Gasteiger partial charge < -0.3 is 15.1 Å². The van der Waals surface area contributed by atoms with Gasteiger partial charge in [0.1, 0.15) is 17.3 Å². The van der Waals surface area contributed by atoms with Crippen molar-refractivity contribution in [3.63, 3.8) is 0 Å². The molecule has 1 aliphatic heterocycles. The second-order valence-electron chi connectivity index (χ2n) is 5.37. The SMILES string of the molecule is O=C(c1ccc(O)cc1O)N1CCC(c2ncccn2)CC1. The molecule has 0 bridgehead atoms. The molecule has 6 heteroatoms. The fourth-order valence-corrected chi connectivity index (χ4v) is 2.73. The van der Waals surface area contributed by atoms with E-state index in [0.717, 1.165) is 18.7 Å². The van der Waals surface area contributed by atoms with E-state index in [1.165, 1.54) is 18.2 Å². The Morgan fingerprint density at radius 1 is 1.14 bits per heavy atom. The molecule has 114 valence electrons. The van der Waals surface area contributed by atoms with E-state index in [2.05, 4.69) is 9.97 Å². The Labute approximate surface area is 128 Å². The van der Waals surface area contributed by atoms with Crippen LogP contribution < -0.4 is 0 Å². The first-order chi connectivity index (χ1) is 10.6. The molecule has 0 radical (unpaired) electrons. The summed E-state index contributed by atoms with van der Waals surface area (Å²) in [6, 6.07) is 5.81. The third kappa shape index (κ3) is 2.86. The molecule has 2 heterocycles. The van der Waals surface area contributed by atoms with Crippen molar-refractivity contribution in [1.82, 2.24) is 14.9 Å². The maximum Gasteiger partial charge on any atom is 0.257 e. The predicted octanol–water partition coefficient (Wildman–Crippen LogP) is 1.91. The number of phenols is 2. The van der Waals surface area contributed by atoms with Crippen LogP contribution in [0.3, 0.4) is 0 Å². The van der Waals surface area contributed by atoms with E-state index < -0.39 is 0 Å². The van der Waals surface area contributed by atoms with Crippen molar-refractivity contribution in [3.8, 4) is 11.5 Å². The van der Waals surface area contributed by atoms with Crippen molar-refractivity contribution in [1.29, 1.82) is 0 Å². The average molecular weight is 299 g/mol. The van der Waals surface area contributed by atoms with E-state index in [-0.39, 0.29) is 28.9 Å². The number of hydrogen-bond donors (Lipinski definition) is 2. The van der Waals surface area contributed by atoms with Crippen molar-refractivity contribution in [3.05, 3.63) is 48.0 Å². The molecule has 1 aromatic carbocycles. The van der Waals surface area contributed by atoms with Crippen molar-refractivity contribution >= 4 is 5.91 Å². The van der Waals surface area contributed by atoms with Crippen LogP contribution in [0.15, 0.2) is 36.7 Å². The number of phenolic OH excluding ortho intramolecular Hbond substituents is 2. The summed E-state index contributed by atoms with van der Waals surface area (Å²) in [5.41, 5.74) is 0.215. The first kappa shape index (κ1) is 14.3. The van der Waals surface area contributed by atoms with Gasteiger partial charge >= 0.3 is 0 Å². The second kappa shape index (κ2) is 6.01. The molecule has 0 spiro atoms. The Balaban J connectivity index is 1.67. The van der Waals surface area contributed by atoms with Gasteiger partial charge in [0.2, 0.25) is 0 Å². The van der Waals surface area contributed by atoms with Crippen molar-refractivity contribution in [2.45, 2.75) is 18.8 Å². The number of aromatic hydroxyl groups is 2. The standard InChI is InChI=1S/C16H17N3O3/c20-12-2-3-13(14(21)10-12)16(22)19-8-4-11(5-9-19)15-17-6-1-7-18-15/h1-3,6-7,10-11,20-21H,4-5,8-9H2. The van der Waals surface area contributed by atoms with Gasteiger partial charge in [-0.1, -0.05) is 0 Å². The minimum absolute atomic E-state index is 0.0611. The molecule has 0 atom stereocenters. The lowest BCUT2D eigenvalue weighted by molar-refractivity contribution is 0.0708. The number of likely N-dealkylation sites (tertiary alicyclic amines) is 1. The Morgan fingerprint density at radius 3 is 2.45 bits per heavy atom. The lowest BCUT2D eigenvalue weighted by Crippen LogP contribution is -2.38. The Morgan fingerprint density at radius 2 is 1.82 bits per heavy atom. The molecular formula is C16H17N3O3. The summed E-state index contributed by atoms with van der Waals surface area (Å²) in [7, 11) is 0. The topological polar surface area (TPSA) is 86.5 Å². The normalized spacial score (nSPS) is 15.7. The second-order valence-corrected chi connectivity index (χ2v) is 5.37. The summed E-state index contributed by atoms with van der Waals surface area (Å²) in [5.74, 6) is 0.609. The van der Waals surface area contributed by atoms with Gasteiger partial charge in [-0.05, 0) is 31.0 Å². The van der Waals surface area contributed by atoms with E-state index in [9.17, 15) is 15.0 Å². The number of nitrogens with zero attached hydrogens (tertiary/aromatic N) is 3. The zero-order valence-electron chi connectivity index (χ0n) is 12.0. The summed E-state index contributed by atoms with van der Waals surface area (Å²) in [5, 5.41) is 19.1. The molecule has 1 aromatic heterocycles. The lowest BCUT2D eigenvalue weighted by atomic mass is 9.95. The number of piperidine rings is 1. The molecule has 6 nitrogen and oxygen atoms in total. The number of hydrogen-bond acceptors (Lipinski definition) is 5. The highest BCUT2D eigenvalue weighted by molar-refractivity contribution is 5.97. The van der Waals surface area contributed by atoms with Gasteiger partial charge in [-0.3, -0.25) is 4.79 Å². The number of benzene rings is 1. The minimum atomic E-state index is -0.218. The zero-order valence-corrected chi connectivity index (χ0v) is 12.0. The van der Waals surface area contributed by atoms with Crippen LogP contribution in [0.5, 0.6) is 11.5 Å². The number of rotatable bonds is 2. The molecule has 1 saturated heterocycles. The van der Waals surface area contributed by atoms with Crippen LogP contribution in [0, 0.1) is 0 Å². The van der Waals surface area contributed by atoms with E-state index in [4.69, 9.17) is 0 Å². The van der Waals surface area contributed by atoms with Crippen LogP contribution in [0.1, 0.15) is 34.9 Å². The van der Waals surface area contributed by atoms with Gasteiger partial charge in [0.05, 0.1) is 5.56 Å². The van der Waals surface area contributed by atoms with Gasteiger partial charge in [0, 0.05) is 37.5 Å². The van der Waals surface area contributed by atoms with Crippen LogP contribution in [0.4, 0.5) is 0 Å². The third-order valence-corrected chi connectivity index (χ3v) is 3.94. The molecular weight excluding hydrogens is 282 g/mol. The van der Waals surface area contributed by atoms with Crippen molar-refractivity contribution in [2.75, 3.05) is 13.1 Å². The molecule has 1 amide bonds. The molecule has 3 rings (SSSR count). The van der Waals surface area contributed by atoms with Crippen molar-refractivity contribution in [2.24, 2.45) is 0 Å². The lowest BCUT2D eigenvalue weighted by Gasteiger charge is -2.31. The Bertz CT molecular complexity index is 668. The average Bonchev–Trinajstić information content (AvgIpc) is 2.55. The van der Waals surface area contributed by atoms with E-state index in [0.29, 0.717) is 13.1 Å². The third-order valence-electron chi connectivity index (χ3n) is 3.94. The highest BCUT2D eigenvalue weighted by Gasteiger charge is 2.27. The number of aromatic nitrogens is 2. The molecule has 1 fully saturated rings. The van der Waals surface area contributed by atoms with Crippen LogP contribution in [0.2, 0.25) is 0 Å². The zero-order chi connectivity index (χ0) is 15.5. The van der Waals surface area contributed by atoms with Gasteiger partial charge in [-0.25, -0.2) is 9.97 Å². The van der Waals surface area contributed by atoms with Crippen LogP contribution in [-0.2, 0) is 0 Å². The Hall–Kier alpha value is -2.63. The van der Waals surface area contributed by atoms with Crippen LogP contribution >= 0.6 is 0 Å². The van der Waals surface area contributed by atoms with E-state index in [1.54, 1.807) is 23.4 Å². The van der Waals surface area contributed by atoms with Crippen LogP contribution in [0.25, 0.3) is 0 Å². The van der Waals surface area contributed by atoms with Crippen LogP contribution in [-0.4, -0.2) is 44.1 Å². The van der Waals surface area contributed by atoms with Gasteiger partial charge in [-0.15, -0.1) is 0 Å². The predicted molar refractivity (Wildman–Crippen MR) is 79.7 cm³/mol. The maximum absolute atomic E-state index is 12.4. The summed E-state index contributed by atoms with van der Waals surface area (Å²) in [4.78, 5) is 22.7. The molecule has 2 N–H and O–H groups in total. The molecule has 22 heavy (non-hydrogen) atoms. The van der Waals surface area contributed by atoms with Gasteiger partial charge in [-0.2, -0.15) is 0 Å². The summed E-state index contributed by atoms with van der Waals surface area (Å²) in [6.45, 7) is 1.20. The highest BCUT2D eigenvalue weighted by atomic mass is 16.3. The largest absolute Gasteiger partial charge is 0.508 e. The first-order valence-corrected chi connectivity index (χ1v) is 7.23. The fourth-order valence-electron chi connectivity index (χ4n) is 2.73. The Kier molecular flexibility index (Phi) is 3.91. The summed E-state index contributed by atoms with van der Waals surface area (Å²) >= 11 is 0. The van der Waals surface area contributed by atoms with Gasteiger partial charge in [0.15, 0.2) is 0 Å². The summed E-state index contributed by atoms with van der Waals surface area (Å²) in [6.07, 6.45) is 5.06. The number of amides is 1. The van der Waals surface area contributed by atoms with Crippen molar-refractivity contribution < 1.29 is 15.0 Å². The molecule has 0 saturated carbocycles. The molecule has 2 aromatic rings. The smallest absolute Gasteiger partial charge is 0.257 e. The maximum atomic E-state index is 12.4. The quantitative estimate of drug-likeness (QED) is 0.884. The van der Waals surface area contributed by atoms with Gasteiger partial charge in [0.25, 0.3) is 5.91 Å².